The van der Waals surface area contributed by atoms with E-state index in [4.69, 9.17) is 5.73 Å². The molecule has 2 heterocycles. The van der Waals surface area contributed by atoms with E-state index in [0.29, 0.717) is 30.4 Å². The normalized spacial score (nSPS) is 21.2. The molecular formula is C14H25N3O2S. The predicted octanol–water partition coefficient (Wildman–Crippen LogP) is 1.78. The first-order valence-electron chi connectivity index (χ1n) is 7.38. The lowest BCUT2D eigenvalue weighted by molar-refractivity contribution is 0.281. The number of sulfonamides is 1. The Kier molecular flexibility index (Phi) is 4.88. The maximum absolute atomic E-state index is 12.7. The average molecular weight is 299 g/mol. The number of aromatic nitrogens is 1. The van der Waals surface area contributed by atoms with Crippen LogP contribution in [0.2, 0.25) is 0 Å². The Hall–Kier alpha value is -0.850. The van der Waals surface area contributed by atoms with Crippen molar-refractivity contribution in [3.8, 4) is 0 Å². The number of aryl methyl sites for hydroxylation is 1. The van der Waals surface area contributed by atoms with Gasteiger partial charge in [0, 0.05) is 38.1 Å². The minimum atomic E-state index is -3.37. The van der Waals surface area contributed by atoms with Gasteiger partial charge in [-0.1, -0.05) is 13.8 Å². The van der Waals surface area contributed by atoms with Gasteiger partial charge in [-0.25, -0.2) is 8.42 Å². The van der Waals surface area contributed by atoms with E-state index in [1.54, 1.807) is 16.6 Å². The lowest BCUT2D eigenvalue weighted by Gasteiger charge is -2.29. The molecule has 0 saturated carbocycles. The van der Waals surface area contributed by atoms with Crippen LogP contribution >= 0.6 is 0 Å². The summed E-state index contributed by atoms with van der Waals surface area (Å²) in [6, 6.07) is 1.73. The Morgan fingerprint density at radius 3 is 2.80 bits per heavy atom. The van der Waals surface area contributed by atoms with Gasteiger partial charge in [0.25, 0.3) is 0 Å². The van der Waals surface area contributed by atoms with Gasteiger partial charge in [-0.3, -0.25) is 0 Å². The molecule has 1 aromatic heterocycles. The van der Waals surface area contributed by atoms with Gasteiger partial charge in [-0.05, 0) is 31.2 Å². The molecule has 1 aromatic rings. The summed E-state index contributed by atoms with van der Waals surface area (Å²) in [4.78, 5) is 0.389. The zero-order valence-corrected chi connectivity index (χ0v) is 13.2. The lowest BCUT2D eigenvalue weighted by Crippen LogP contribution is -2.38. The molecule has 1 unspecified atom stereocenters. The van der Waals surface area contributed by atoms with E-state index in [9.17, 15) is 8.42 Å². The van der Waals surface area contributed by atoms with Gasteiger partial charge in [0.15, 0.2) is 0 Å². The first-order valence-corrected chi connectivity index (χ1v) is 8.82. The monoisotopic (exact) mass is 299 g/mol. The number of piperidine rings is 1. The molecule has 0 aromatic carbocycles. The summed E-state index contributed by atoms with van der Waals surface area (Å²) in [5.74, 6) is 0.435. The maximum atomic E-state index is 12.7. The van der Waals surface area contributed by atoms with Gasteiger partial charge < -0.3 is 10.3 Å². The van der Waals surface area contributed by atoms with Crippen LogP contribution in [0.3, 0.4) is 0 Å². The van der Waals surface area contributed by atoms with E-state index in [0.717, 1.165) is 31.5 Å². The van der Waals surface area contributed by atoms with Gasteiger partial charge in [0.05, 0.1) is 0 Å². The van der Waals surface area contributed by atoms with Crippen LogP contribution in [-0.2, 0) is 23.1 Å². The Morgan fingerprint density at radius 2 is 2.20 bits per heavy atom. The van der Waals surface area contributed by atoms with Crippen LogP contribution in [0.4, 0.5) is 0 Å². The topological polar surface area (TPSA) is 68.3 Å². The van der Waals surface area contributed by atoms with Gasteiger partial charge in [-0.15, -0.1) is 0 Å². The smallest absolute Gasteiger partial charge is 0.244 e. The highest BCUT2D eigenvalue weighted by atomic mass is 32.2. The summed E-state index contributed by atoms with van der Waals surface area (Å²) in [5, 5.41) is 0. The van der Waals surface area contributed by atoms with Crippen molar-refractivity contribution in [3.05, 3.63) is 18.0 Å². The second kappa shape index (κ2) is 6.28. The molecule has 1 fully saturated rings. The summed E-state index contributed by atoms with van der Waals surface area (Å²) < 4.78 is 29.0. The van der Waals surface area contributed by atoms with Crippen molar-refractivity contribution in [1.29, 1.82) is 0 Å². The van der Waals surface area contributed by atoms with Crippen molar-refractivity contribution < 1.29 is 8.42 Å². The quantitative estimate of drug-likeness (QED) is 0.901. The molecule has 1 saturated heterocycles. The molecule has 114 valence electrons. The second-order valence-electron chi connectivity index (χ2n) is 5.68. The molecule has 0 radical (unpaired) electrons. The van der Waals surface area contributed by atoms with Crippen molar-refractivity contribution in [2.75, 3.05) is 13.1 Å². The molecule has 1 aliphatic heterocycles. The van der Waals surface area contributed by atoms with Gasteiger partial charge in [0.2, 0.25) is 10.0 Å². The fourth-order valence-electron chi connectivity index (χ4n) is 2.80. The van der Waals surface area contributed by atoms with Crippen LogP contribution in [0.15, 0.2) is 17.2 Å². The highest BCUT2D eigenvalue weighted by Gasteiger charge is 2.29. The third-order valence-corrected chi connectivity index (χ3v) is 5.72. The van der Waals surface area contributed by atoms with Crippen LogP contribution in [0.25, 0.3) is 0 Å². The maximum Gasteiger partial charge on any atom is 0.244 e. The third kappa shape index (κ3) is 3.07. The summed E-state index contributed by atoms with van der Waals surface area (Å²) in [6.45, 7) is 6.60. The summed E-state index contributed by atoms with van der Waals surface area (Å²) >= 11 is 0. The molecule has 0 spiro atoms. The largest absolute Gasteiger partial charge is 0.349 e. The van der Waals surface area contributed by atoms with Crippen molar-refractivity contribution in [2.24, 2.45) is 11.7 Å². The second-order valence-corrected chi connectivity index (χ2v) is 7.61. The number of nitrogens with two attached hydrogens (primary N) is 1. The Bertz CT molecular complexity index is 551. The number of rotatable bonds is 5. The highest BCUT2D eigenvalue weighted by molar-refractivity contribution is 7.89. The average Bonchev–Trinajstić information content (AvgIpc) is 2.83. The fourth-order valence-corrected chi connectivity index (χ4v) is 4.46. The zero-order chi connectivity index (χ0) is 14.8. The van der Waals surface area contributed by atoms with E-state index in [-0.39, 0.29) is 0 Å². The van der Waals surface area contributed by atoms with Crippen LogP contribution in [0.1, 0.15) is 38.8 Å². The molecule has 1 atom stereocenters. The Morgan fingerprint density at radius 1 is 1.45 bits per heavy atom. The van der Waals surface area contributed by atoms with E-state index in [2.05, 4.69) is 13.8 Å². The van der Waals surface area contributed by atoms with E-state index in [1.807, 2.05) is 4.57 Å². The fraction of sp³-hybridized carbons (Fsp3) is 0.714. The van der Waals surface area contributed by atoms with E-state index < -0.39 is 10.0 Å². The van der Waals surface area contributed by atoms with Crippen molar-refractivity contribution in [2.45, 2.75) is 51.1 Å². The van der Waals surface area contributed by atoms with Gasteiger partial charge >= 0.3 is 0 Å². The zero-order valence-electron chi connectivity index (χ0n) is 12.4. The molecule has 0 bridgehead atoms. The van der Waals surface area contributed by atoms with Crippen molar-refractivity contribution >= 4 is 10.0 Å². The predicted molar refractivity (Wildman–Crippen MR) is 79.8 cm³/mol. The van der Waals surface area contributed by atoms with Crippen LogP contribution < -0.4 is 5.73 Å². The highest BCUT2D eigenvalue weighted by Crippen LogP contribution is 2.24. The summed E-state index contributed by atoms with van der Waals surface area (Å²) in [7, 11) is -3.37. The van der Waals surface area contributed by atoms with Crippen molar-refractivity contribution in [1.82, 2.24) is 8.87 Å². The number of nitrogens with zero attached hydrogens (tertiary/aromatic N) is 2. The lowest BCUT2D eigenvalue weighted by atomic mass is 10.0. The molecule has 1 aliphatic rings. The van der Waals surface area contributed by atoms with Crippen molar-refractivity contribution in [3.63, 3.8) is 0 Å². The Balaban J connectivity index is 2.29. The number of hydrogen-bond acceptors (Lipinski definition) is 3. The first kappa shape index (κ1) is 15.5. The molecule has 2 rings (SSSR count). The molecule has 2 N–H and O–H groups in total. The molecule has 6 heteroatoms. The molecule has 0 amide bonds. The van der Waals surface area contributed by atoms with Crippen LogP contribution in [-0.4, -0.2) is 30.4 Å². The van der Waals surface area contributed by atoms with Crippen LogP contribution in [0.5, 0.6) is 0 Å². The molecule has 0 aliphatic carbocycles. The van der Waals surface area contributed by atoms with Crippen LogP contribution in [0, 0.1) is 5.92 Å². The Labute approximate surface area is 121 Å². The minimum Gasteiger partial charge on any atom is -0.349 e. The first-order chi connectivity index (χ1) is 9.48. The van der Waals surface area contributed by atoms with E-state index >= 15 is 0 Å². The van der Waals surface area contributed by atoms with E-state index in [1.165, 1.54) is 0 Å². The third-order valence-electron chi connectivity index (χ3n) is 3.89. The molecule has 5 nitrogen and oxygen atoms in total. The minimum absolute atomic E-state index is 0.367. The molecular weight excluding hydrogens is 274 g/mol. The van der Waals surface area contributed by atoms with Gasteiger partial charge in [-0.2, -0.15) is 4.31 Å². The number of hydrogen-bond donors (Lipinski definition) is 1. The SMILES string of the molecule is CCCn1cc(S(=O)(=O)N2CCCC(C)C2)cc1CN. The summed E-state index contributed by atoms with van der Waals surface area (Å²) in [6.07, 6.45) is 4.75. The molecule has 20 heavy (non-hydrogen) atoms. The standard InChI is InChI=1S/C14H25N3O2S/c1-3-6-16-11-14(8-13(16)9-15)20(18,19)17-7-4-5-12(2)10-17/h8,11-12H,3-7,9-10,15H2,1-2H3. The van der Waals surface area contributed by atoms with Gasteiger partial charge in [0.1, 0.15) is 4.90 Å². The summed E-state index contributed by atoms with van der Waals surface area (Å²) in [5.41, 5.74) is 6.59.